The van der Waals surface area contributed by atoms with Crippen LogP contribution in [0.3, 0.4) is 0 Å². The third kappa shape index (κ3) is 2.04. The molecule has 70 valence electrons. The van der Waals surface area contributed by atoms with Crippen LogP contribution in [0.15, 0.2) is 10.5 Å². The number of hydrogen-bond donors (Lipinski definition) is 0. The molecule has 0 amide bonds. The van der Waals surface area contributed by atoms with Crippen LogP contribution >= 0.6 is 27.3 Å². The normalized spacial score (nSPS) is 11.0. The molecular formula is C9H10BrNOS. The van der Waals surface area contributed by atoms with Crippen LogP contribution in [0.25, 0.3) is 0 Å². The molecule has 0 aliphatic rings. The Kier molecular flexibility index (Phi) is 2.99. The molecule has 2 nitrogen and oxygen atoms in total. The molecule has 0 aliphatic heterocycles. The molecule has 0 unspecified atom stereocenters. The minimum absolute atomic E-state index is 0.441. The Balaban J connectivity index is 3.12. The Morgan fingerprint density at radius 3 is 2.62 bits per heavy atom. The van der Waals surface area contributed by atoms with Gasteiger partial charge in [0.25, 0.3) is 0 Å². The van der Waals surface area contributed by atoms with Crippen LogP contribution in [0.4, 0.5) is 0 Å². The largest absolute Gasteiger partial charge is 0.486 e. The number of ether oxygens (including phenoxy) is 1. The van der Waals surface area contributed by atoms with E-state index in [-0.39, 0.29) is 0 Å². The Labute approximate surface area is 90.3 Å². The van der Waals surface area contributed by atoms with Gasteiger partial charge in [-0.15, -0.1) is 11.3 Å². The zero-order valence-corrected chi connectivity index (χ0v) is 10.1. The standard InChI is InChI=1S/C9H10BrNOS/c1-9(2,5-11)7-4-6(10)8(12-3)13-7/h4H,1-3H3. The van der Waals surface area contributed by atoms with Gasteiger partial charge < -0.3 is 4.74 Å². The summed E-state index contributed by atoms with van der Waals surface area (Å²) >= 11 is 4.87. The third-order valence-corrected chi connectivity index (χ3v) is 4.01. The highest BCUT2D eigenvalue weighted by Crippen LogP contribution is 2.40. The molecule has 1 rings (SSSR count). The minimum atomic E-state index is -0.441. The van der Waals surface area contributed by atoms with Gasteiger partial charge in [-0.2, -0.15) is 5.26 Å². The molecule has 13 heavy (non-hydrogen) atoms. The van der Waals surface area contributed by atoms with E-state index in [1.54, 1.807) is 7.11 Å². The van der Waals surface area contributed by atoms with Gasteiger partial charge in [-0.05, 0) is 35.8 Å². The first-order valence-electron chi connectivity index (χ1n) is 3.76. The van der Waals surface area contributed by atoms with Crippen LogP contribution in [-0.2, 0) is 5.41 Å². The second-order valence-electron chi connectivity index (χ2n) is 3.19. The number of halogens is 1. The monoisotopic (exact) mass is 259 g/mol. The zero-order chi connectivity index (χ0) is 10.1. The van der Waals surface area contributed by atoms with Gasteiger partial charge in [-0.1, -0.05) is 0 Å². The van der Waals surface area contributed by atoms with Crippen molar-refractivity contribution in [3.05, 3.63) is 15.4 Å². The summed E-state index contributed by atoms with van der Waals surface area (Å²) in [7, 11) is 1.62. The van der Waals surface area contributed by atoms with Crippen LogP contribution in [0, 0.1) is 11.3 Å². The van der Waals surface area contributed by atoms with Gasteiger partial charge in [-0.3, -0.25) is 0 Å². The first-order valence-corrected chi connectivity index (χ1v) is 5.37. The smallest absolute Gasteiger partial charge is 0.188 e. The molecule has 4 heteroatoms. The van der Waals surface area contributed by atoms with Crippen molar-refractivity contribution >= 4 is 27.3 Å². The van der Waals surface area contributed by atoms with E-state index in [1.165, 1.54) is 11.3 Å². The number of nitrogens with zero attached hydrogens (tertiary/aromatic N) is 1. The molecule has 0 aromatic carbocycles. The molecule has 1 aromatic heterocycles. The predicted octanol–water partition coefficient (Wildman–Crippen LogP) is 3.32. The molecule has 0 spiro atoms. The van der Waals surface area contributed by atoms with Crippen molar-refractivity contribution in [1.82, 2.24) is 0 Å². The van der Waals surface area contributed by atoms with Crippen molar-refractivity contribution in [2.75, 3.05) is 7.11 Å². The highest BCUT2D eigenvalue weighted by atomic mass is 79.9. The highest BCUT2D eigenvalue weighted by Gasteiger charge is 2.23. The summed E-state index contributed by atoms with van der Waals surface area (Å²) in [4.78, 5) is 1.01. The fraction of sp³-hybridized carbons (Fsp3) is 0.444. The second kappa shape index (κ2) is 3.69. The fourth-order valence-corrected chi connectivity index (χ4v) is 2.56. The van der Waals surface area contributed by atoms with E-state index in [1.807, 2.05) is 19.9 Å². The fourth-order valence-electron chi connectivity index (χ4n) is 0.854. The average molecular weight is 260 g/mol. The van der Waals surface area contributed by atoms with E-state index in [9.17, 15) is 0 Å². The topological polar surface area (TPSA) is 33.0 Å². The van der Waals surface area contributed by atoms with Crippen molar-refractivity contribution in [2.45, 2.75) is 19.3 Å². The maximum Gasteiger partial charge on any atom is 0.188 e. The summed E-state index contributed by atoms with van der Waals surface area (Å²) in [5, 5.41) is 9.74. The SMILES string of the molecule is COc1sc(C(C)(C)C#N)cc1Br. The van der Waals surface area contributed by atoms with Gasteiger partial charge in [0.1, 0.15) is 0 Å². The number of nitriles is 1. The lowest BCUT2D eigenvalue weighted by Crippen LogP contribution is -2.11. The molecule has 1 aromatic rings. The van der Waals surface area contributed by atoms with E-state index in [4.69, 9.17) is 10.00 Å². The molecule has 0 bridgehead atoms. The first kappa shape index (κ1) is 10.6. The zero-order valence-electron chi connectivity index (χ0n) is 7.72. The Bertz CT molecular complexity index is 351. The van der Waals surface area contributed by atoms with Crippen molar-refractivity contribution in [3.63, 3.8) is 0 Å². The van der Waals surface area contributed by atoms with Gasteiger partial charge in [0.15, 0.2) is 5.06 Å². The van der Waals surface area contributed by atoms with Crippen LogP contribution < -0.4 is 4.74 Å². The van der Waals surface area contributed by atoms with Gasteiger partial charge in [0.2, 0.25) is 0 Å². The average Bonchev–Trinajstić information content (AvgIpc) is 2.47. The van der Waals surface area contributed by atoms with Crippen LogP contribution in [-0.4, -0.2) is 7.11 Å². The summed E-state index contributed by atoms with van der Waals surface area (Å²) in [5.41, 5.74) is -0.441. The summed E-state index contributed by atoms with van der Waals surface area (Å²) in [6.07, 6.45) is 0. The van der Waals surface area contributed by atoms with Crippen LogP contribution in [0.1, 0.15) is 18.7 Å². The molecule has 0 N–H and O–H groups in total. The lowest BCUT2D eigenvalue weighted by molar-refractivity contribution is 0.425. The van der Waals surface area contributed by atoms with E-state index in [2.05, 4.69) is 22.0 Å². The Morgan fingerprint density at radius 2 is 2.23 bits per heavy atom. The molecule has 0 aliphatic carbocycles. The van der Waals surface area contributed by atoms with Gasteiger partial charge >= 0.3 is 0 Å². The maximum atomic E-state index is 8.92. The minimum Gasteiger partial charge on any atom is -0.486 e. The summed E-state index contributed by atoms with van der Waals surface area (Å²) in [5.74, 6) is 0. The molecule has 1 heterocycles. The van der Waals surface area contributed by atoms with Crippen molar-refractivity contribution in [2.24, 2.45) is 0 Å². The lowest BCUT2D eigenvalue weighted by Gasteiger charge is -2.11. The number of hydrogen-bond acceptors (Lipinski definition) is 3. The number of methoxy groups -OCH3 is 1. The molecule has 0 radical (unpaired) electrons. The van der Waals surface area contributed by atoms with Crippen LogP contribution in [0.5, 0.6) is 5.06 Å². The van der Waals surface area contributed by atoms with Gasteiger partial charge in [0.05, 0.1) is 23.1 Å². The number of thiophene rings is 1. The Hall–Kier alpha value is -0.530. The molecule has 0 atom stereocenters. The van der Waals surface area contributed by atoms with E-state index in [0.717, 1.165) is 14.4 Å². The van der Waals surface area contributed by atoms with Crippen LogP contribution in [0.2, 0.25) is 0 Å². The number of rotatable bonds is 2. The predicted molar refractivity (Wildman–Crippen MR) is 57.2 cm³/mol. The van der Waals surface area contributed by atoms with Crippen molar-refractivity contribution in [1.29, 1.82) is 5.26 Å². The van der Waals surface area contributed by atoms with E-state index in [0.29, 0.717) is 0 Å². The molecule has 0 fully saturated rings. The summed E-state index contributed by atoms with van der Waals surface area (Å²) < 4.78 is 6.04. The van der Waals surface area contributed by atoms with Crippen molar-refractivity contribution < 1.29 is 4.74 Å². The van der Waals surface area contributed by atoms with E-state index >= 15 is 0 Å². The van der Waals surface area contributed by atoms with E-state index < -0.39 is 5.41 Å². The molecular weight excluding hydrogens is 250 g/mol. The third-order valence-electron chi connectivity index (χ3n) is 1.74. The lowest BCUT2D eigenvalue weighted by atomic mass is 9.94. The van der Waals surface area contributed by atoms with Gasteiger partial charge in [0, 0.05) is 4.88 Å². The Morgan fingerprint density at radius 1 is 1.62 bits per heavy atom. The van der Waals surface area contributed by atoms with Crippen molar-refractivity contribution in [3.8, 4) is 11.1 Å². The summed E-state index contributed by atoms with van der Waals surface area (Å²) in [6, 6.07) is 4.19. The highest BCUT2D eigenvalue weighted by molar-refractivity contribution is 9.10. The summed E-state index contributed by atoms with van der Waals surface area (Å²) in [6.45, 7) is 3.79. The van der Waals surface area contributed by atoms with Gasteiger partial charge in [-0.25, -0.2) is 0 Å². The molecule has 0 saturated heterocycles. The first-order chi connectivity index (χ1) is 6.01. The molecule has 0 saturated carbocycles. The second-order valence-corrected chi connectivity index (χ2v) is 5.06. The quantitative estimate of drug-likeness (QED) is 0.817. The maximum absolute atomic E-state index is 8.92.